The van der Waals surface area contributed by atoms with Gasteiger partial charge < -0.3 is 14.9 Å². The smallest absolute Gasteiger partial charge is 0.302 e. The number of aliphatic hydroxyl groups is 2. The predicted octanol–water partition coefficient (Wildman–Crippen LogP) is 3.13. The van der Waals surface area contributed by atoms with Crippen LogP contribution in [0.2, 0.25) is 0 Å². The summed E-state index contributed by atoms with van der Waals surface area (Å²) in [7, 11) is 0. The van der Waals surface area contributed by atoms with Crippen LogP contribution in [-0.4, -0.2) is 34.5 Å². The van der Waals surface area contributed by atoms with E-state index in [2.05, 4.69) is 32.9 Å². The maximum absolute atomic E-state index is 10.7. The van der Waals surface area contributed by atoms with E-state index in [1.165, 1.54) is 18.1 Å². The van der Waals surface area contributed by atoms with Crippen LogP contribution < -0.4 is 0 Å². The van der Waals surface area contributed by atoms with Gasteiger partial charge in [0.1, 0.15) is 12.7 Å². The molecule has 0 heterocycles. The lowest BCUT2D eigenvalue weighted by Gasteiger charge is -2.28. The fraction of sp³-hybridized carbons (Fsp3) is 0.706. The fourth-order valence-corrected chi connectivity index (χ4v) is 1.84. The second-order valence-electron chi connectivity index (χ2n) is 6.08. The Kier molecular flexibility index (Phi) is 9.22. The zero-order valence-electron chi connectivity index (χ0n) is 14.0. The minimum Gasteiger partial charge on any atom is -0.463 e. The number of hydrogen-bond acceptors (Lipinski definition) is 4. The Hall–Kier alpha value is -1.13. The number of carbonyl (C=O) groups is 1. The molecule has 21 heavy (non-hydrogen) atoms. The Balaban J connectivity index is 4.17. The highest BCUT2D eigenvalue weighted by molar-refractivity contribution is 5.65. The minimum atomic E-state index is -1.26. The summed E-state index contributed by atoms with van der Waals surface area (Å²) in [6, 6.07) is 0. The zero-order valence-corrected chi connectivity index (χ0v) is 14.0. The summed E-state index contributed by atoms with van der Waals surface area (Å²) in [6.45, 7) is 8.91. The SMILES string of the molecule is CC(=O)OC[C@H](O)[C@@](C)(O)CC/C=C(\C)CCC=C(C)C. The molecule has 0 saturated heterocycles. The lowest BCUT2D eigenvalue weighted by atomic mass is 9.93. The first-order chi connectivity index (χ1) is 9.65. The summed E-state index contributed by atoms with van der Waals surface area (Å²) in [5, 5.41) is 20.0. The van der Waals surface area contributed by atoms with Crippen LogP contribution in [-0.2, 0) is 9.53 Å². The molecule has 0 radical (unpaired) electrons. The normalized spacial score (nSPS) is 16.0. The third-order valence-corrected chi connectivity index (χ3v) is 3.40. The maximum atomic E-state index is 10.7. The molecule has 0 rings (SSSR count). The predicted molar refractivity (Wildman–Crippen MR) is 84.9 cm³/mol. The number of aliphatic hydroxyl groups excluding tert-OH is 1. The van der Waals surface area contributed by atoms with Crippen molar-refractivity contribution < 1.29 is 19.7 Å². The molecule has 0 unspecified atom stereocenters. The van der Waals surface area contributed by atoms with Crippen molar-refractivity contribution in [3.8, 4) is 0 Å². The first-order valence-corrected chi connectivity index (χ1v) is 7.48. The lowest BCUT2D eigenvalue weighted by Crippen LogP contribution is -2.42. The number of rotatable bonds is 9. The van der Waals surface area contributed by atoms with Gasteiger partial charge in [-0.05, 0) is 53.4 Å². The molecule has 0 spiro atoms. The molecule has 0 aliphatic rings. The molecule has 4 nitrogen and oxygen atoms in total. The van der Waals surface area contributed by atoms with Gasteiger partial charge in [-0.1, -0.05) is 23.3 Å². The van der Waals surface area contributed by atoms with Crippen molar-refractivity contribution in [2.75, 3.05) is 6.61 Å². The summed E-state index contributed by atoms with van der Waals surface area (Å²) in [4.78, 5) is 10.7. The van der Waals surface area contributed by atoms with E-state index in [0.717, 1.165) is 12.8 Å². The van der Waals surface area contributed by atoms with Crippen molar-refractivity contribution in [3.63, 3.8) is 0 Å². The Morgan fingerprint density at radius 1 is 1.19 bits per heavy atom. The summed E-state index contributed by atoms with van der Waals surface area (Å²) in [5.41, 5.74) is 1.34. The van der Waals surface area contributed by atoms with Gasteiger partial charge in [0.15, 0.2) is 0 Å². The van der Waals surface area contributed by atoms with E-state index < -0.39 is 17.7 Å². The highest BCUT2D eigenvalue weighted by Crippen LogP contribution is 2.19. The summed E-state index contributed by atoms with van der Waals surface area (Å²) < 4.78 is 4.72. The molecular formula is C17H30O4. The maximum Gasteiger partial charge on any atom is 0.302 e. The highest BCUT2D eigenvalue weighted by atomic mass is 16.5. The quantitative estimate of drug-likeness (QED) is 0.507. The number of ether oxygens (including phenoxy) is 1. The molecule has 2 atom stereocenters. The molecule has 0 aromatic heterocycles. The lowest BCUT2D eigenvalue weighted by molar-refractivity contribution is -0.151. The molecule has 0 fully saturated rings. The van der Waals surface area contributed by atoms with Crippen LogP contribution in [0, 0.1) is 0 Å². The molecule has 0 bridgehead atoms. The number of hydrogen-bond donors (Lipinski definition) is 2. The van der Waals surface area contributed by atoms with Crippen molar-refractivity contribution in [3.05, 3.63) is 23.3 Å². The third-order valence-electron chi connectivity index (χ3n) is 3.40. The van der Waals surface area contributed by atoms with Crippen LogP contribution in [0.15, 0.2) is 23.3 Å². The molecule has 0 aromatic rings. The first kappa shape index (κ1) is 19.9. The molecule has 0 amide bonds. The topological polar surface area (TPSA) is 66.8 Å². The average molecular weight is 298 g/mol. The van der Waals surface area contributed by atoms with Crippen LogP contribution in [0.4, 0.5) is 0 Å². The van der Waals surface area contributed by atoms with Gasteiger partial charge in [0.05, 0.1) is 5.60 Å². The first-order valence-electron chi connectivity index (χ1n) is 7.48. The molecular weight excluding hydrogens is 268 g/mol. The standard InChI is InChI=1S/C17H30O4/c1-13(2)8-6-9-14(3)10-7-11-17(5,20)16(19)12-21-15(4)18/h8,10,16,19-20H,6-7,9,11-12H2,1-5H3/b14-10+/t16-,17-/m0/s1. The highest BCUT2D eigenvalue weighted by Gasteiger charge is 2.30. The molecule has 0 aliphatic carbocycles. The molecule has 0 aromatic carbocycles. The molecule has 2 N–H and O–H groups in total. The van der Waals surface area contributed by atoms with Crippen molar-refractivity contribution in [2.24, 2.45) is 0 Å². The Labute approximate surface area is 128 Å². The molecule has 4 heteroatoms. The average Bonchev–Trinajstić information content (AvgIpc) is 2.34. The van der Waals surface area contributed by atoms with E-state index in [1.807, 2.05) is 0 Å². The Morgan fingerprint density at radius 2 is 1.81 bits per heavy atom. The van der Waals surface area contributed by atoms with Gasteiger partial charge >= 0.3 is 5.97 Å². The zero-order chi connectivity index (χ0) is 16.5. The van der Waals surface area contributed by atoms with Gasteiger partial charge in [-0.25, -0.2) is 0 Å². The van der Waals surface area contributed by atoms with Gasteiger partial charge in [0.2, 0.25) is 0 Å². The molecule has 122 valence electrons. The van der Waals surface area contributed by atoms with Gasteiger partial charge in [0, 0.05) is 6.92 Å². The van der Waals surface area contributed by atoms with E-state index >= 15 is 0 Å². The van der Waals surface area contributed by atoms with Gasteiger partial charge in [-0.2, -0.15) is 0 Å². The van der Waals surface area contributed by atoms with Crippen molar-refractivity contribution >= 4 is 5.97 Å². The van der Waals surface area contributed by atoms with Crippen LogP contribution in [0.25, 0.3) is 0 Å². The van der Waals surface area contributed by atoms with Crippen molar-refractivity contribution in [1.82, 2.24) is 0 Å². The van der Waals surface area contributed by atoms with Gasteiger partial charge in [0.25, 0.3) is 0 Å². The molecule has 0 aliphatic heterocycles. The third kappa shape index (κ3) is 10.3. The second-order valence-corrected chi connectivity index (χ2v) is 6.08. The summed E-state index contributed by atoms with van der Waals surface area (Å²) >= 11 is 0. The fourth-order valence-electron chi connectivity index (χ4n) is 1.84. The monoisotopic (exact) mass is 298 g/mol. The largest absolute Gasteiger partial charge is 0.463 e. The van der Waals surface area contributed by atoms with Crippen LogP contribution in [0.3, 0.4) is 0 Å². The Bertz CT molecular complexity index is 376. The number of esters is 1. The Morgan fingerprint density at radius 3 is 2.33 bits per heavy atom. The van der Waals surface area contributed by atoms with E-state index in [9.17, 15) is 15.0 Å². The summed E-state index contributed by atoms with van der Waals surface area (Å²) in [5.74, 6) is -0.458. The van der Waals surface area contributed by atoms with Crippen molar-refractivity contribution in [2.45, 2.75) is 72.0 Å². The number of carbonyl (C=O) groups excluding carboxylic acids is 1. The van der Waals surface area contributed by atoms with E-state index in [4.69, 9.17) is 4.74 Å². The second kappa shape index (κ2) is 9.74. The number of allylic oxidation sites excluding steroid dienone is 4. The summed E-state index contributed by atoms with van der Waals surface area (Å²) in [6.07, 6.45) is 6.36. The van der Waals surface area contributed by atoms with Gasteiger partial charge in [-0.3, -0.25) is 4.79 Å². The van der Waals surface area contributed by atoms with E-state index in [1.54, 1.807) is 6.92 Å². The van der Waals surface area contributed by atoms with Gasteiger partial charge in [-0.15, -0.1) is 0 Å². The van der Waals surface area contributed by atoms with Crippen LogP contribution >= 0.6 is 0 Å². The van der Waals surface area contributed by atoms with Crippen LogP contribution in [0.1, 0.15) is 60.3 Å². The van der Waals surface area contributed by atoms with E-state index in [-0.39, 0.29) is 6.61 Å². The minimum absolute atomic E-state index is 0.175. The van der Waals surface area contributed by atoms with Crippen molar-refractivity contribution in [1.29, 1.82) is 0 Å². The molecule has 0 saturated carbocycles. The van der Waals surface area contributed by atoms with Crippen LogP contribution in [0.5, 0.6) is 0 Å². The van der Waals surface area contributed by atoms with E-state index in [0.29, 0.717) is 12.8 Å².